The summed E-state index contributed by atoms with van der Waals surface area (Å²) in [5.41, 5.74) is 1.04. The number of carbonyl (C=O) groups excluding carboxylic acids is 1. The van der Waals surface area contributed by atoms with Crippen LogP contribution in [0.25, 0.3) is 0 Å². The molecule has 25 heavy (non-hydrogen) atoms. The first-order valence-corrected chi connectivity index (χ1v) is 8.73. The fourth-order valence-corrected chi connectivity index (χ4v) is 4.18. The lowest BCUT2D eigenvalue weighted by atomic mass is 9.72. The Morgan fingerprint density at radius 1 is 1.44 bits per heavy atom. The third-order valence-electron chi connectivity index (χ3n) is 5.57. The summed E-state index contributed by atoms with van der Waals surface area (Å²) in [6.07, 6.45) is 6.62. The van der Waals surface area contributed by atoms with Crippen molar-refractivity contribution in [2.24, 2.45) is 13.0 Å². The van der Waals surface area contributed by atoms with Gasteiger partial charge in [-0.25, -0.2) is 4.79 Å². The largest absolute Gasteiger partial charge is 0.453 e. The molecular weight excluding hydrogens is 322 g/mol. The van der Waals surface area contributed by atoms with Crippen molar-refractivity contribution < 1.29 is 14.1 Å². The van der Waals surface area contributed by atoms with Crippen molar-refractivity contribution in [3.8, 4) is 0 Å². The normalized spacial score (nSPS) is 26.7. The molecule has 1 aliphatic carbocycles. The molecule has 134 valence electrons. The lowest BCUT2D eigenvalue weighted by Crippen LogP contribution is -2.54. The maximum absolute atomic E-state index is 12.1. The van der Waals surface area contributed by atoms with Gasteiger partial charge in [-0.3, -0.25) is 4.68 Å². The van der Waals surface area contributed by atoms with E-state index >= 15 is 0 Å². The highest BCUT2D eigenvalue weighted by Gasteiger charge is 2.45. The van der Waals surface area contributed by atoms with E-state index in [9.17, 15) is 4.79 Å². The number of fused-ring (bicyclic) bond motifs is 3. The summed E-state index contributed by atoms with van der Waals surface area (Å²) in [5.74, 6) is 1.88. The molecular formula is C17H23N5O3. The van der Waals surface area contributed by atoms with Crippen molar-refractivity contribution in [2.45, 2.75) is 44.1 Å². The number of piperidine rings is 2. The maximum Gasteiger partial charge on any atom is 0.409 e. The molecule has 2 aliphatic heterocycles. The fourth-order valence-electron chi connectivity index (χ4n) is 4.18. The number of nitrogens with zero attached hydrogens (tertiary/aromatic N) is 5. The Balaban J connectivity index is 1.56. The molecule has 0 aromatic carbocycles. The van der Waals surface area contributed by atoms with Crippen molar-refractivity contribution in [3.05, 3.63) is 29.7 Å². The van der Waals surface area contributed by atoms with E-state index < -0.39 is 0 Å². The summed E-state index contributed by atoms with van der Waals surface area (Å²) in [6, 6.07) is 0.0941. The van der Waals surface area contributed by atoms with Gasteiger partial charge in [0.05, 0.1) is 19.2 Å². The third-order valence-corrected chi connectivity index (χ3v) is 5.57. The number of aryl methyl sites for hydroxylation is 1. The summed E-state index contributed by atoms with van der Waals surface area (Å²) < 4.78 is 12.2. The van der Waals surface area contributed by atoms with Crippen LogP contribution in [0.2, 0.25) is 0 Å². The first kappa shape index (κ1) is 16.1. The molecule has 0 radical (unpaired) electrons. The monoisotopic (exact) mass is 345 g/mol. The highest BCUT2D eigenvalue weighted by molar-refractivity contribution is 5.68. The third kappa shape index (κ3) is 2.79. The molecule has 2 aromatic heterocycles. The smallest absolute Gasteiger partial charge is 0.409 e. The first-order chi connectivity index (χ1) is 12.1. The summed E-state index contributed by atoms with van der Waals surface area (Å²) in [6.45, 7) is 2.80. The Morgan fingerprint density at radius 3 is 2.96 bits per heavy atom. The number of hydrogen-bond donors (Lipinski definition) is 0. The zero-order valence-corrected chi connectivity index (χ0v) is 14.8. The van der Waals surface area contributed by atoms with Crippen LogP contribution >= 0.6 is 0 Å². The van der Waals surface area contributed by atoms with Crippen molar-refractivity contribution in [3.63, 3.8) is 0 Å². The molecule has 3 fully saturated rings. The fraction of sp³-hybridized carbons (Fsp3) is 0.647. The van der Waals surface area contributed by atoms with Crippen LogP contribution in [0.3, 0.4) is 0 Å². The predicted molar refractivity (Wildman–Crippen MR) is 88.0 cm³/mol. The molecule has 8 heteroatoms. The summed E-state index contributed by atoms with van der Waals surface area (Å²) >= 11 is 0. The lowest BCUT2D eigenvalue weighted by Gasteiger charge is -2.48. The van der Waals surface area contributed by atoms with E-state index in [-0.39, 0.29) is 24.0 Å². The molecule has 0 spiro atoms. The van der Waals surface area contributed by atoms with Crippen LogP contribution < -0.4 is 0 Å². The van der Waals surface area contributed by atoms with Crippen molar-refractivity contribution in [1.82, 2.24) is 24.8 Å². The van der Waals surface area contributed by atoms with Gasteiger partial charge in [-0.1, -0.05) is 5.16 Å². The lowest BCUT2D eigenvalue weighted by molar-refractivity contribution is 0.0235. The van der Waals surface area contributed by atoms with E-state index in [0.29, 0.717) is 17.6 Å². The summed E-state index contributed by atoms with van der Waals surface area (Å²) in [5, 5.41) is 8.44. The standard InChI is InChI=1S/C17H23N5O3/c1-10(12-7-18-21(2)9-12)16-19-15(20-25-16)13-6-11-4-5-14(13)22(8-11)17(23)24-3/h7,9-11,13-14H,4-6,8H2,1-3H3. The number of carbonyl (C=O) groups is 1. The van der Waals surface area contributed by atoms with Gasteiger partial charge in [0.2, 0.25) is 5.89 Å². The molecule has 0 N–H and O–H groups in total. The van der Waals surface area contributed by atoms with Gasteiger partial charge in [0, 0.05) is 37.3 Å². The molecule has 1 amide bonds. The van der Waals surface area contributed by atoms with Gasteiger partial charge in [0.1, 0.15) is 0 Å². The number of rotatable bonds is 3. The van der Waals surface area contributed by atoms with E-state index in [4.69, 9.17) is 9.26 Å². The molecule has 4 unspecified atom stereocenters. The van der Waals surface area contributed by atoms with Crippen molar-refractivity contribution in [1.29, 1.82) is 0 Å². The predicted octanol–water partition coefficient (Wildman–Crippen LogP) is 2.29. The second kappa shape index (κ2) is 6.16. The SMILES string of the molecule is COC(=O)N1CC2CCC1C(c1noc(C(C)c3cnn(C)c3)n1)C2. The molecule has 3 aliphatic rings. The average Bonchev–Trinajstić information content (AvgIpc) is 3.30. The molecule has 2 aromatic rings. The minimum absolute atomic E-state index is 0.00700. The Hall–Kier alpha value is -2.38. The maximum atomic E-state index is 12.1. The summed E-state index contributed by atoms with van der Waals surface area (Å²) in [7, 11) is 3.32. The van der Waals surface area contributed by atoms with Crippen LogP contribution in [-0.2, 0) is 11.8 Å². The second-order valence-electron chi connectivity index (χ2n) is 7.14. The quantitative estimate of drug-likeness (QED) is 0.848. The number of hydrogen-bond acceptors (Lipinski definition) is 6. The van der Waals surface area contributed by atoms with Crippen molar-refractivity contribution >= 4 is 6.09 Å². The minimum Gasteiger partial charge on any atom is -0.453 e. The molecule has 2 bridgehead atoms. The van der Waals surface area contributed by atoms with Gasteiger partial charge in [-0.15, -0.1) is 0 Å². The van der Waals surface area contributed by atoms with Gasteiger partial charge in [-0.05, 0) is 32.1 Å². The Labute approximate surface area is 146 Å². The molecule has 5 rings (SSSR count). The average molecular weight is 345 g/mol. The van der Waals surface area contributed by atoms with E-state index in [2.05, 4.69) is 15.2 Å². The summed E-state index contributed by atoms with van der Waals surface area (Å²) in [4.78, 5) is 18.6. The van der Waals surface area contributed by atoms with Crippen LogP contribution in [0.5, 0.6) is 0 Å². The van der Waals surface area contributed by atoms with Gasteiger partial charge >= 0.3 is 6.09 Å². The van der Waals surface area contributed by atoms with Crippen LogP contribution in [0, 0.1) is 5.92 Å². The highest BCUT2D eigenvalue weighted by Crippen LogP contribution is 2.44. The minimum atomic E-state index is -0.258. The number of aromatic nitrogens is 4. The van der Waals surface area contributed by atoms with Crippen LogP contribution in [-0.4, -0.2) is 50.6 Å². The highest BCUT2D eigenvalue weighted by atomic mass is 16.5. The Bertz CT molecular complexity index is 770. The van der Waals surface area contributed by atoms with Gasteiger partial charge in [0.15, 0.2) is 5.82 Å². The topological polar surface area (TPSA) is 86.3 Å². The number of ether oxygens (including phenoxy) is 1. The zero-order chi connectivity index (χ0) is 17.6. The van der Waals surface area contributed by atoms with E-state index in [1.54, 1.807) is 4.68 Å². The molecule has 1 saturated carbocycles. The van der Waals surface area contributed by atoms with E-state index in [0.717, 1.165) is 31.4 Å². The number of methoxy groups -OCH3 is 1. The Kier molecular flexibility index (Phi) is 3.97. The van der Waals surface area contributed by atoms with E-state index in [1.165, 1.54) is 7.11 Å². The van der Waals surface area contributed by atoms with Crippen LogP contribution in [0.1, 0.15) is 55.3 Å². The van der Waals surface area contributed by atoms with Crippen LogP contribution in [0.15, 0.2) is 16.9 Å². The van der Waals surface area contributed by atoms with Gasteiger partial charge in [0.25, 0.3) is 0 Å². The van der Waals surface area contributed by atoms with Gasteiger partial charge in [-0.2, -0.15) is 10.1 Å². The zero-order valence-electron chi connectivity index (χ0n) is 14.8. The van der Waals surface area contributed by atoms with Crippen LogP contribution in [0.4, 0.5) is 4.79 Å². The number of amides is 1. The molecule has 4 atom stereocenters. The molecule has 4 heterocycles. The van der Waals surface area contributed by atoms with Crippen molar-refractivity contribution in [2.75, 3.05) is 13.7 Å². The molecule has 8 nitrogen and oxygen atoms in total. The Morgan fingerprint density at radius 2 is 2.28 bits per heavy atom. The first-order valence-electron chi connectivity index (χ1n) is 8.73. The van der Waals surface area contributed by atoms with E-state index in [1.807, 2.05) is 31.3 Å². The molecule has 2 saturated heterocycles. The second-order valence-corrected chi connectivity index (χ2v) is 7.14. The van der Waals surface area contributed by atoms with Gasteiger partial charge < -0.3 is 14.2 Å².